The molecule has 1 heterocycles. The van der Waals surface area contributed by atoms with Crippen molar-refractivity contribution in [3.8, 4) is 0 Å². The van der Waals surface area contributed by atoms with Crippen LogP contribution in [0.25, 0.3) is 0 Å². The Labute approximate surface area is 179 Å². The molecule has 1 aliphatic heterocycles. The van der Waals surface area contributed by atoms with Crippen LogP contribution in [0.15, 0.2) is 54.6 Å². The molecule has 0 aliphatic carbocycles. The van der Waals surface area contributed by atoms with Gasteiger partial charge in [-0.2, -0.15) is 0 Å². The maximum Gasteiger partial charge on any atom is 0.332 e. The summed E-state index contributed by atoms with van der Waals surface area (Å²) >= 11 is 0. The Hall–Kier alpha value is -2.66. The van der Waals surface area contributed by atoms with Crippen molar-refractivity contribution in [1.29, 1.82) is 0 Å². The van der Waals surface area contributed by atoms with Crippen LogP contribution in [-0.4, -0.2) is 42.0 Å². The highest BCUT2D eigenvalue weighted by Crippen LogP contribution is 2.36. The second-order valence-corrected chi connectivity index (χ2v) is 7.94. The van der Waals surface area contributed by atoms with Crippen LogP contribution in [-0.2, 0) is 20.9 Å². The van der Waals surface area contributed by atoms with Gasteiger partial charge in [0.1, 0.15) is 5.54 Å². The van der Waals surface area contributed by atoms with Gasteiger partial charge in [-0.3, -0.25) is 14.6 Å². The van der Waals surface area contributed by atoms with Crippen molar-refractivity contribution < 1.29 is 14.3 Å². The molecule has 1 amide bonds. The second kappa shape index (κ2) is 9.90. The van der Waals surface area contributed by atoms with E-state index >= 15 is 0 Å². The zero-order valence-electron chi connectivity index (χ0n) is 18.3. The summed E-state index contributed by atoms with van der Waals surface area (Å²) in [5.41, 5.74) is 2.11. The first kappa shape index (κ1) is 22.0. The lowest BCUT2D eigenvalue weighted by molar-refractivity contribution is -0.153. The molecule has 0 bridgehead atoms. The van der Waals surface area contributed by atoms with Crippen molar-refractivity contribution in [2.45, 2.75) is 52.1 Å². The molecule has 1 aliphatic rings. The number of nitrogens with zero attached hydrogens (tertiary/aromatic N) is 2. The highest BCUT2D eigenvalue weighted by molar-refractivity contribution is 6.02. The largest absolute Gasteiger partial charge is 0.464 e. The summed E-state index contributed by atoms with van der Waals surface area (Å²) in [6, 6.07) is 18.2. The van der Waals surface area contributed by atoms with Crippen LogP contribution >= 0.6 is 0 Å². The van der Waals surface area contributed by atoms with Crippen LogP contribution in [0.2, 0.25) is 0 Å². The smallest absolute Gasteiger partial charge is 0.332 e. The second-order valence-electron chi connectivity index (χ2n) is 7.94. The molecule has 30 heavy (non-hydrogen) atoms. The van der Waals surface area contributed by atoms with Crippen molar-refractivity contribution in [3.63, 3.8) is 0 Å². The third kappa shape index (κ3) is 4.73. The van der Waals surface area contributed by atoms with Gasteiger partial charge in [-0.1, -0.05) is 49.4 Å². The van der Waals surface area contributed by atoms with Gasteiger partial charge in [0, 0.05) is 31.7 Å². The van der Waals surface area contributed by atoms with Crippen LogP contribution in [0, 0.1) is 6.92 Å². The lowest BCUT2D eigenvalue weighted by Crippen LogP contribution is -2.62. The third-order valence-corrected chi connectivity index (χ3v) is 5.83. The maximum absolute atomic E-state index is 13.3. The summed E-state index contributed by atoms with van der Waals surface area (Å²) < 4.78 is 5.51. The number of anilines is 1. The van der Waals surface area contributed by atoms with Gasteiger partial charge in [0.2, 0.25) is 5.91 Å². The Morgan fingerprint density at radius 2 is 1.73 bits per heavy atom. The van der Waals surface area contributed by atoms with Gasteiger partial charge >= 0.3 is 5.97 Å². The molecular formula is C25H32N2O3. The van der Waals surface area contributed by atoms with Crippen molar-refractivity contribution in [2.75, 3.05) is 24.6 Å². The number of ether oxygens (including phenoxy) is 1. The number of benzene rings is 2. The summed E-state index contributed by atoms with van der Waals surface area (Å²) in [5, 5.41) is 0. The highest BCUT2D eigenvalue weighted by atomic mass is 16.5. The molecule has 0 unspecified atom stereocenters. The minimum absolute atomic E-state index is 0.0508. The van der Waals surface area contributed by atoms with Crippen LogP contribution in [0.5, 0.6) is 0 Å². The van der Waals surface area contributed by atoms with Gasteiger partial charge in [0.15, 0.2) is 0 Å². The number of aryl methyl sites for hydroxylation is 1. The van der Waals surface area contributed by atoms with Gasteiger partial charge < -0.3 is 4.74 Å². The summed E-state index contributed by atoms with van der Waals surface area (Å²) in [6.07, 6.45) is 1.44. The van der Waals surface area contributed by atoms with E-state index in [1.54, 1.807) is 4.90 Å². The van der Waals surface area contributed by atoms with Gasteiger partial charge in [0.25, 0.3) is 0 Å². The van der Waals surface area contributed by atoms with E-state index in [9.17, 15) is 9.59 Å². The van der Waals surface area contributed by atoms with Crippen LogP contribution in [0.1, 0.15) is 44.2 Å². The van der Waals surface area contributed by atoms with Crippen LogP contribution < -0.4 is 4.90 Å². The average Bonchev–Trinajstić information content (AvgIpc) is 2.76. The van der Waals surface area contributed by atoms with E-state index in [-0.39, 0.29) is 11.9 Å². The molecule has 0 N–H and O–H groups in total. The number of amides is 1. The normalized spacial score (nSPS) is 16.1. The molecule has 2 aromatic rings. The number of hydrogen-bond donors (Lipinski definition) is 0. The molecule has 3 rings (SSSR count). The molecule has 1 fully saturated rings. The monoisotopic (exact) mass is 408 g/mol. The Morgan fingerprint density at radius 1 is 1.03 bits per heavy atom. The first-order chi connectivity index (χ1) is 14.5. The molecule has 5 heteroatoms. The molecule has 0 spiro atoms. The summed E-state index contributed by atoms with van der Waals surface area (Å²) in [4.78, 5) is 30.4. The molecule has 1 saturated heterocycles. The number of likely N-dealkylation sites (tertiary alicyclic amines) is 1. The fraction of sp³-hybridized carbons (Fsp3) is 0.440. The van der Waals surface area contributed by atoms with E-state index in [1.807, 2.05) is 63.2 Å². The van der Waals surface area contributed by atoms with E-state index in [4.69, 9.17) is 4.74 Å². The minimum Gasteiger partial charge on any atom is -0.464 e. The van der Waals surface area contributed by atoms with Crippen LogP contribution in [0.4, 0.5) is 5.69 Å². The first-order valence-electron chi connectivity index (χ1n) is 10.8. The summed E-state index contributed by atoms with van der Waals surface area (Å²) in [5.74, 6) is -0.349. The van der Waals surface area contributed by atoms with E-state index < -0.39 is 5.54 Å². The molecular weight excluding hydrogens is 376 g/mol. The predicted molar refractivity (Wildman–Crippen MR) is 119 cm³/mol. The lowest BCUT2D eigenvalue weighted by Gasteiger charge is -2.46. The van der Waals surface area contributed by atoms with Crippen molar-refractivity contribution in [2.24, 2.45) is 0 Å². The van der Waals surface area contributed by atoms with Crippen molar-refractivity contribution in [1.82, 2.24) is 4.90 Å². The molecule has 2 aromatic carbocycles. The van der Waals surface area contributed by atoms with E-state index in [2.05, 4.69) is 17.0 Å². The molecule has 0 saturated carbocycles. The number of piperidine rings is 1. The molecule has 160 valence electrons. The lowest BCUT2D eigenvalue weighted by atomic mass is 9.84. The molecule has 0 atom stereocenters. The summed E-state index contributed by atoms with van der Waals surface area (Å²) in [7, 11) is 0. The number of carbonyl (C=O) groups is 2. The number of carbonyl (C=O) groups excluding carboxylic acids is 2. The maximum atomic E-state index is 13.3. The third-order valence-electron chi connectivity index (χ3n) is 5.83. The van der Waals surface area contributed by atoms with E-state index in [0.29, 0.717) is 25.9 Å². The predicted octanol–water partition coefficient (Wildman–Crippen LogP) is 4.34. The quantitative estimate of drug-likeness (QED) is 0.640. The zero-order chi connectivity index (χ0) is 21.6. The Balaban J connectivity index is 1.91. The van der Waals surface area contributed by atoms with Crippen molar-refractivity contribution in [3.05, 3.63) is 65.7 Å². The number of rotatable bonds is 7. The SMILES string of the molecule is CCOC(=O)C1(N(C(=O)CC)c2cccc(C)c2)CCN(Cc2ccccc2)CC1. The average molecular weight is 409 g/mol. The van der Waals surface area contributed by atoms with E-state index in [1.165, 1.54) is 5.56 Å². The Bertz CT molecular complexity index is 858. The fourth-order valence-corrected chi connectivity index (χ4v) is 4.26. The molecule has 0 aromatic heterocycles. The summed E-state index contributed by atoms with van der Waals surface area (Å²) in [6.45, 7) is 8.25. The fourth-order valence-electron chi connectivity index (χ4n) is 4.26. The Kier molecular flexibility index (Phi) is 7.27. The van der Waals surface area contributed by atoms with Gasteiger partial charge in [-0.25, -0.2) is 4.79 Å². The highest BCUT2D eigenvalue weighted by Gasteiger charge is 2.50. The minimum atomic E-state index is -0.968. The topological polar surface area (TPSA) is 49.9 Å². The van der Waals surface area contributed by atoms with Gasteiger partial charge in [0.05, 0.1) is 6.61 Å². The van der Waals surface area contributed by atoms with E-state index in [0.717, 1.165) is 30.9 Å². The standard InChI is InChI=1S/C25H32N2O3/c1-4-23(28)27(22-13-9-10-20(3)18-22)25(24(29)30-5-2)14-16-26(17-15-25)19-21-11-7-6-8-12-21/h6-13,18H,4-5,14-17,19H2,1-3H3. The van der Waals surface area contributed by atoms with Gasteiger partial charge in [-0.15, -0.1) is 0 Å². The van der Waals surface area contributed by atoms with Crippen molar-refractivity contribution >= 4 is 17.6 Å². The molecule has 5 nitrogen and oxygen atoms in total. The first-order valence-corrected chi connectivity index (χ1v) is 10.8. The van der Waals surface area contributed by atoms with Gasteiger partial charge in [-0.05, 0) is 49.9 Å². The van der Waals surface area contributed by atoms with Crippen LogP contribution in [0.3, 0.4) is 0 Å². The number of hydrogen-bond acceptors (Lipinski definition) is 4. The Morgan fingerprint density at radius 3 is 2.33 bits per heavy atom. The zero-order valence-corrected chi connectivity index (χ0v) is 18.3. The number of esters is 1. The molecule has 0 radical (unpaired) electrons.